The Balaban J connectivity index is 2.04. The minimum Gasteiger partial charge on any atom is -0.380 e. The molecule has 0 aromatic carbocycles. The van der Waals surface area contributed by atoms with Crippen molar-refractivity contribution in [3.8, 4) is 0 Å². The molecule has 1 saturated carbocycles. The lowest BCUT2D eigenvalue weighted by Crippen LogP contribution is -1.98. The first-order valence-electron chi connectivity index (χ1n) is 4.67. The lowest BCUT2D eigenvalue weighted by molar-refractivity contribution is 0.360. The van der Waals surface area contributed by atoms with E-state index in [0.29, 0.717) is 5.82 Å². The van der Waals surface area contributed by atoms with E-state index >= 15 is 0 Å². The van der Waals surface area contributed by atoms with Gasteiger partial charge in [0, 0.05) is 6.42 Å². The van der Waals surface area contributed by atoms with Crippen molar-refractivity contribution >= 4 is 21.7 Å². The highest BCUT2D eigenvalue weighted by molar-refractivity contribution is 9.10. The van der Waals surface area contributed by atoms with Crippen LogP contribution in [0.5, 0.6) is 0 Å². The molecule has 0 amide bonds. The molecule has 0 atom stereocenters. The standard InChI is InChI=1S/C9H13BrN2O/c10-8-7(13-12-9(8)11)5-6-3-1-2-4-6/h6H,1-5H2,(H2,11,12). The van der Waals surface area contributed by atoms with Crippen LogP contribution in [0.25, 0.3) is 0 Å². The van der Waals surface area contributed by atoms with Crippen molar-refractivity contribution in [2.75, 3.05) is 5.73 Å². The van der Waals surface area contributed by atoms with E-state index in [1.807, 2.05) is 0 Å². The molecule has 1 aliphatic carbocycles. The zero-order valence-corrected chi connectivity index (χ0v) is 9.01. The fourth-order valence-electron chi connectivity index (χ4n) is 1.93. The van der Waals surface area contributed by atoms with Crippen molar-refractivity contribution in [3.63, 3.8) is 0 Å². The van der Waals surface area contributed by atoms with Gasteiger partial charge in [0.2, 0.25) is 0 Å². The van der Waals surface area contributed by atoms with E-state index < -0.39 is 0 Å². The summed E-state index contributed by atoms with van der Waals surface area (Å²) in [5.74, 6) is 2.14. The van der Waals surface area contributed by atoms with Crippen LogP contribution in [0.3, 0.4) is 0 Å². The average Bonchev–Trinajstić information content (AvgIpc) is 2.71. The lowest BCUT2D eigenvalue weighted by atomic mass is 10.0. The molecule has 0 radical (unpaired) electrons. The van der Waals surface area contributed by atoms with E-state index in [2.05, 4.69) is 21.1 Å². The number of hydrogen-bond donors (Lipinski definition) is 1. The van der Waals surface area contributed by atoms with Gasteiger partial charge in [0.15, 0.2) is 11.6 Å². The summed E-state index contributed by atoms with van der Waals surface area (Å²) in [5, 5.41) is 3.71. The van der Waals surface area contributed by atoms with Gasteiger partial charge in [0.25, 0.3) is 0 Å². The number of hydrogen-bond acceptors (Lipinski definition) is 3. The van der Waals surface area contributed by atoms with Gasteiger partial charge in [-0.3, -0.25) is 0 Å². The molecule has 0 bridgehead atoms. The van der Waals surface area contributed by atoms with Gasteiger partial charge in [0.05, 0.1) is 0 Å². The van der Waals surface area contributed by atoms with Crippen LogP contribution < -0.4 is 5.73 Å². The van der Waals surface area contributed by atoms with Crippen molar-refractivity contribution in [1.29, 1.82) is 0 Å². The Morgan fingerprint density at radius 2 is 2.15 bits per heavy atom. The molecule has 2 rings (SSSR count). The molecule has 1 aliphatic rings. The number of anilines is 1. The minimum atomic E-state index is 0.466. The summed E-state index contributed by atoms with van der Waals surface area (Å²) in [6.45, 7) is 0. The van der Waals surface area contributed by atoms with Crippen molar-refractivity contribution in [2.24, 2.45) is 5.92 Å². The number of aromatic nitrogens is 1. The molecule has 1 aromatic heterocycles. The SMILES string of the molecule is Nc1noc(CC2CCCC2)c1Br. The van der Waals surface area contributed by atoms with Crippen molar-refractivity contribution in [3.05, 3.63) is 10.2 Å². The Kier molecular flexibility index (Phi) is 2.58. The summed E-state index contributed by atoms with van der Waals surface area (Å²) in [6, 6.07) is 0. The zero-order valence-electron chi connectivity index (χ0n) is 7.42. The van der Waals surface area contributed by atoms with Gasteiger partial charge in [-0.05, 0) is 21.8 Å². The maximum absolute atomic E-state index is 5.56. The van der Waals surface area contributed by atoms with Gasteiger partial charge >= 0.3 is 0 Å². The molecular formula is C9H13BrN2O. The second-order valence-electron chi connectivity index (χ2n) is 3.66. The molecule has 0 unspecified atom stereocenters. The molecule has 4 heteroatoms. The van der Waals surface area contributed by atoms with E-state index in [1.165, 1.54) is 25.7 Å². The predicted octanol–water partition coefficient (Wildman–Crippen LogP) is 2.75. The third-order valence-electron chi connectivity index (χ3n) is 2.67. The number of rotatable bonds is 2. The Morgan fingerprint density at radius 3 is 2.69 bits per heavy atom. The number of nitrogen functional groups attached to an aromatic ring is 1. The van der Waals surface area contributed by atoms with E-state index in [1.54, 1.807) is 0 Å². The van der Waals surface area contributed by atoms with E-state index in [4.69, 9.17) is 10.3 Å². The van der Waals surface area contributed by atoms with Gasteiger partial charge in [0.1, 0.15) is 4.47 Å². The van der Waals surface area contributed by atoms with Crippen LogP contribution in [-0.2, 0) is 6.42 Å². The Labute approximate surface area is 85.8 Å². The lowest BCUT2D eigenvalue weighted by Gasteiger charge is -2.04. The predicted molar refractivity (Wildman–Crippen MR) is 54.3 cm³/mol. The van der Waals surface area contributed by atoms with Crippen molar-refractivity contribution in [1.82, 2.24) is 5.16 Å². The van der Waals surface area contributed by atoms with Gasteiger partial charge in [-0.15, -0.1) is 0 Å². The van der Waals surface area contributed by atoms with Crippen LogP contribution in [0.15, 0.2) is 9.00 Å². The summed E-state index contributed by atoms with van der Waals surface area (Å²) in [5.41, 5.74) is 5.56. The third kappa shape index (κ3) is 1.88. The Hall–Kier alpha value is -0.510. The molecule has 0 aliphatic heterocycles. The van der Waals surface area contributed by atoms with Gasteiger partial charge < -0.3 is 10.3 Å². The van der Waals surface area contributed by atoms with Crippen LogP contribution in [0, 0.1) is 5.92 Å². The maximum atomic E-state index is 5.56. The Morgan fingerprint density at radius 1 is 1.46 bits per heavy atom. The molecule has 2 N–H and O–H groups in total. The number of halogens is 1. The molecule has 13 heavy (non-hydrogen) atoms. The zero-order chi connectivity index (χ0) is 9.26. The Bertz CT molecular complexity index is 292. The molecule has 72 valence electrons. The van der Waals surface area contributed by atoms with E-state index in [-0.39, 0.29) is 0 Å². The molecule has 1 fully saturated rings. The highest BCUT2D eigenvalue weighted by Crippen LogP contribution is 2.32. The molecule has 0 saturated heterocycles. The fourth-order valence-corrected chi connectivity index (χ4v) is 2.24. The third-order valence-corrected chi connectivity index (χ3v) is 3.52. The molecule has 1 aromatic rings. The maximum Gasteiger partial charge on any atom is 0.181 e. The normalized spacial score (nSPS) is 18.2. The summed E-state index contributed by atoms with van der Waals surface area (Å²) < 4.78 is 5.98. The summed E-state index contributed by atoms with van der Waals surface area (Å²) >= 11 is 3.38. The average molecular weight is 245 g/mol. The largest absolute Gasteiger partial charge is 0.380 e. The minimum absolute atomic E-state index is 0.466. The second kappa shape index (κ2) is 3.70. The van der Waals surface area contributed by atoms with Gasteiger partial charge in [-0.2, -0.15) is 0 Å². The van der Waals surface area contributed by atoms with E-state index in [0.717, 1.165) is 22.6 Å². The van der Waals surface area contributed by atoms with Crippen LogP contribution in [0.1, 0.15) is 31.4 Å². The number of nitrogens with two attached hydrogens (primary N) is 1. The quantitative estimate of drug-likeness (QED) is 0.871. The molecule has 1 heterocycles. The fraction of sp³-hybridized carbons (Fsp3) is 0.667. The second-order valence-corrected chi connectivity index (χ2v) is 4.45. The summed E-state index contributed by atoms with van der Waals surface area (Å²) in [7, 11) is 0. The first kappa shape index (κ1) is 9.06. The monoisotopic (exact) mass is 244 g/mol. The number of nitrogens with zero attached hydrogens (tertiary/aromatic N) is 1. The van der Waals surface area contributed by atoms with E-state index in [9.17, 15) is 0 Å². The van der Waals surface area contributed by atoms with Gasteiger partial charge in [-0.25, -0.2) is 0 Å². The van der Waals surface area contributed by atoms with Crippen molar-refractivity contribution < 1.29 is 4.52 Å². The summed E-state index contributed by atoms with van der Waals surface area (Å²) in [4.78, 5) is 0. The smallest absolute Gasteiger partial charge is 0.181 e. The van der Waals surface area contributed by atoms with Crippen LogP contribution in [-0.4, -0.2) is 5.16 Å². The van der Waals surface area contributed by atoms with Crippen LogP contribution >= 0.6 is 15.9 Å². The molecule has 0 spiro atoms. The molecular weight excluding hydrogens is 232 g/mol. The van der Waals surface area contributed by atoms with Crippen LogP contribution in [0.2, 0.25) is 0 Å². The first-order valence-corrected chi connectivity index (χ1v) is 5.46. The molecule has 3 nitrogen and oxygen atoms in total. The first-order chi connectivity index (χ1) is 6.27. The highest BCUT2D eigenvalue weighted by atomic mass is 79.9. The topological polar surface area (TPSA) is 52.0 Å². The van der Waals surface area contributed by atoms with Crippen LogP contribution in [0.4, 0.5) is 5.82 Å². The van der Waals surface area contributed by atoms with Gasteiger partial charge in [-0.1, -0.05) is 30.8 Å². The van der Waals surface area contributed by atoms with Crippen molar-refractivity contribution in [2.45, 2.75) is 32.1 Å². The highest BCUT2D eigenvalue weighted by Gasteiger charge is 2.20. The summed E-state index contributed by atoms with van der Waals surface area (Å²) in [6.07, 6.45) is 6.31.